The zero-order valence-corrected chi connectivity index (χ0v) is 16.3. The minimum atomic E-state index is -0.374. The first-order chi connectivity index (χ1) is 13.7. The number of nitrogens with one attached hydrogen (secondary N) is 1. The molecule has 1 aliphatic carbocycles. The second-order valence-electron chi connectivity index (χ2n) is 7.15. The normalized spacial score (nSPS) is 15.0. The third-order valence-corrected chi connectivity index (χ3v) is 6.38. The first-order valence-corrected chi connectivity index (χ1v) is 10.3. The smallest absolute Gasteiger partial charge is 0.192 e. The molecule has 28 heavy (non-hydrogen) atoms. The molecule has 1 fully saturated rings. The molecule has 1 atom stereocenters. The summed E-state index contributed by atoms with van der Waals surface area (Å²) in [6.07, 6.45) is 4.12. The summed E-state index contributed by atoms with van der Waals surface area (Å²) < 4.78 is 2.18. The molecule has 6 heteroatoms. The Hall–Kier alpha value is -2.86. The Labute approximate surface area is 167 Å². The number of benzene rings is 2. The Kier molecular flexibility index (Phi) is 4.28. The Bertz CT molecular complexity index is 1140. The molecule has 2 aromatic heterocycles. The van der Waals surface area contributed by atoms with Crippen molar-refractivity contribution in [1.82, 2.24) is 19.7 Å². The van der Waals surface area contributed by atoms with E-state index in [1.165, 1.54) is 11.8 Å². The van der Waals surface area contributed by atoms with Crippen molar-refractivity contribution in [2.24, 2.45) is 0 Å². The molecule has 5 rings (SSSR count). The summed E-state index contributed by atoms with van der Waals surface area (Å²) in [5.41, 5.74) is 2.66. The highest BCUT2D eigenvalue weighted by Gasteiger charge is 2.32. The molecule has 1 saturated carbocycles. The van der Waals surface area contributed by atoms with E-state index in [0.717, 1.165) is 40.3 Å². The number of ketones is 1. The van der Waals surface area contributed by atoms with Gasteiger partial charge in [0.05, 0.1) is 0 Å². The first-order valence-electron chi connectivity index (χ1n) is 9.46. The summed E-state index contributed by atoms with van der Waals surface area (Å²) in [6.45, 7) is 1.98. The van der Waals surface area contributed by atoms with Crippen molar-refractivity contribution in [1.29, 1.82) is 0 Å². The fourth-order valence-electron chi connectivity index (χ4n) is 3.61. The highest BCUT2D eigenvalue weighted by atomic mass is 32.2. The lowest BCUT2D eigenvalue weighted by Crippen LogP contribution is -2.11. The standard InChI is InChI=1S/C22H20N4OS/c1-14-24-25-22(26(14)16-11-12-16)28-21(15-7-3-2-4-8-15)20(27)18-13-23-19-10-6-5-9-17(18)19/h2-10,13,16,21,23H,11-12H2,1H3. The zero-order valence-electron chi connectivity index (χ0n) is 15.5. The second kappa shape index (κ2) is 6.95. The average Bonchev–Trinajstić information content (AvgIpc) is 3.36. The molecule has 0 amide bonds. The Morgan fingerprint density at radius 2 is 1.86 bits per heavy atom. The van der Waals surface area contributed by atoms with Gasteiger partial charge in [-0.2, -0.15) is 0 Å². The lowest BCUT2D eigenvalue weighted by molar-refractivity contribution is 0.0991. The number of aromatic amines is 1. The number of aromatic nitrogens is 4. The van der Waals surface area contributed by atoms with Gasteiger partial charge in [-0.05, 0) is 31.4 Å². The molecule has 0 spiro atoms. The number of aryl methyl sites for hydroxylation is 1. The minimum Gasteiger partial charge on any atom is -0.360 e. The quantitative estimate of drug-likeness (QED) is 0.368. The highest BCUT2D eigenvalue weighted by molar-refractivity contribution is 8.00. The number of rotatable bonds is 6. The van der Waals surface area contributed by atoms with Crippen LogP contribution < -0.4 is 0 Å². The number of hydrogen-bond acceptors (Lipinski definition) is 4. The zero-order chi connectivity index (χ0) is 19.1. The number of carbonyl (C=O) groups excluding carboxylic acids is 1. The molecular weight excluding hydrogens is 368 g/mol. The largest absolute Gasteiger partial charge is 0.360 e. The molecule has 0 bridgehead atoms. The summed E-state index contributed by atoms with van der Waals surface area (Å²) in [7, 11) is 0. The van der Waals surface area contributed by atoms with Crippen LogP contribution in [-0.2, 0) is 0 Å². The van der Waals surface area contributed by atoms with E-state index in [9.17, 15) is 4.79 Å². The monoisotopic (exact) mass is 388 g/mol. The van der Waals surface area contributed by atoms with Crippen LogP contribution in [0.25, 0.3) is 10.9 Å². The molecule has 140 valence electrons. The molecule has 4 aromatic rings. The number of nitrogens with zero attached hydrogens (tertiary/aromatic N) is 3. The van der Waals surface area contributed by atoms with Crippen LogP contribution in [0.1, 0.15) is 45.9 Å². The van der Waals surface area contributed by atoms with Gasteiger partial charge in [-0.1, -0.05) is 60.3 Å². The van der Waals surface area contributed by atoms with Crippen molar-refractivity contribution in [3.8, 4) is 0 Å². The van der Waals surface area contributed by atoms with Crippen LogP contribution in [0.15, 0.2) is 66.0 Å². The van der Waals surface area contributed by atoms with Gasteiger partial charge in [-0.25, -0.2) is 0 Å². The molecule has 1 N–H and O–H groups in total. The number of Topliss-reactive ketones (excluding diaryl/α,β-unsaturated/α-hetero) is 1. The molecule has 0 radical (unpaired) electrons. The fraction of sp³-hybridized carbons (Fsp3) is 0.227. The number of H-pyrrole nitrogens is 1. The van der Waals surface area contributed by atoms with E-state index < -0.39 is 0 Å². The van der Waals surface area contributed by atoms with Crippen LogP contribution in [0.5, 0.6) is 0 Å². The van der Waals surface area contributed by atoms with Gasteiger partial charge >= 0.3 is 0 Å². The van der Waals surface area contributed by atoms with Gasteiger partial charge in [0.15, 0.2) is 10.9 Å². The van der Waals surface area contributed by atoms with E-state index in [1.54, 1.807) is 0 Å². The van der Waals surface area contributed by atoms with E-state index in [1.807, 2.05) is 67.7 Å². The topological polar surface area (TPSA) is 63.6 Å². The first kappa shape index (κ1) is 17.3. The van der Waals surface area contributed by atoms with Crippen molar-refractivity contribution in [3.63, 3.8) is 0 Å². The predicted octanol–water partition coefficient (Wildman–Crippen LogP) is 5.12. The third-order valence-electron chi connectivity index (χ3n) is 5.17. The minimum absolute atomic E-state index is 0.0802. The van der Waals surface area contributed by atoms with Crippen LogP contribution in [0.4, 0.5) is 0 Å². The van der Waals surface area contributed by atoms with E-state index >= 15 is 0 Å². The van der Waals surface area contributed by atoms with Crippen molar-refractivity contribution in [2.45, 2.75) is 36.2 Å². The van der Waals surface area contributed by atoms with Crippen molar-refractivity contribution in [3.05, 3.63) is 77.7 Å². The van der Waals surface area contributed by atoms with Crippen LogP contribution in [0.2, 0.25) is 0 Å². The molecular formula is C22H20N4OS. The lowest BCUT2D eigenvalue weighted by atomic mass is 10.0. The summed E-state index contributed by atoms with van der Waals surface area (Å²) >= 11 is 1.50. The third kappa shape index (κ3) is 3.03. The summed E-state index contributed by atoms with van der Waals surface area (Å²) in [6, 6.07) is 18.3. The summed E-state index contributed by atoms with van der Waals surface area (Å²) in [5, 5.41) is 10.1. The molecule has 2 aromatic carbocycles. The summed E-state index contributed by atoms with van der Waals surface area (Å²) in [5.74, 6) is 0.994. The van der Waals surface area contributed by atoms with Gasteiger partial charge in [0.2, 0.25) is 0 Å². The average molecular weight is 388 g/mol. The number of fused-ring (bicyclic) bond motifs is 1. The van der Waals surface area contributed by atoms with Crippen LogP contribution in [0, 0.1) is 6.92 Å². The van der Waals surface area contributed by atoms with Crippen LogP contribution in [-0.4, -0.2) is 25.5 Å². The van der Waals surface area contributed by atoms with Crippen molar-refractivity contribution in [2.75, 3.05) is 0 Å². The number of carbonyl (C=O) groups is 1. The van der Waals surface area contributed by atoms with Gasteiger partial charge in [0.25, 0.3) is 0 Å². The van der Waals surface area contributed by atoms with Crippen LogP contribution in [0.3, 0.4) is 0 Å². The summed E-state index contributed by atoms with van der Waals surface area (Å²) in [4.78, 5) is 16.8. The molecule has 1 unspecified atom stereocenters. The Morgan fingerprint density at radius 3 is 2.64 bits per heavy atom. The van der Waals surface area contributed by atoms with Crippen molar-refractivity contribution < 1.29 is 4.79 Å². The van der Waals surface area contributed by atoms with Gasteiger partial charge in [0.1, 0.15) is 11.1 Å². The fourth-order valence-corrected chi connectivity index (χ4v) is 4.83. The lowest BCUT2D eigenvalue weighted by Gasteiger charge is -2.16. The number of thioether (sulfide) groups is 1. The SMILES string of the molecule is Cc1nnc(SC(C(=O)c2c[nH]c3ccccc23)c2ccccc2)n1C1CC1. The van der Waals surface area contributed by atoms with Crippen LogP contribution >= 0.6 is 11.8 Å². The maximum Gasteiger partial charge on any atom is 0.192 e. The van der Waals surface area contributed by atoms with Crippen molar-refractivity contribution >= 4 is 28.4 Å². The molecule has 5 nitrogen and oxygen atoms in total. The Morgan fingerprint density at radius 1 is 1.11 bits per heavy atom. The van der Waals surface area contributed by atoms with Gasteiger partial charge in [0, 0.05) is 28.7 Å². The van der Waals surface area contributed by atoms with E-state index in [0.29, 0.717) is 11.6 Å². The maximum atomic E-state index is 13.6. The second-order valence-corrected chi connectivity index (χ2v) is 8.22. The van der Waals surface area contributed by atoms with E-state index in [4.69, 9.17) is 0 Å². The molecule has 2 heterocycles. The van der Waals surface area contributed by atoms with Gasteiger partial charge < -0.3 is 9.55 Å². The maximum absolute atomic E-state index is 13.6. The highest BCUT2D eigenvalue weighted by Crippen LogP contribution is 2.43. The van der Waals surface area contributed by atoms with Gasteiger partial charge in [-0.3, -0.25) is 4.79 Å². The molecule has 0 saturated heterocycles. The Balaban J connectivity index is 1.56. The number of hydrogen-bond donors (Lipinski definition) is 1. The van der Waals surface area contributed by atoms with E-state index in [-0.39, 0.29) is 11.0 Å². The predicted molar refractivity (Wildman–Crippen MR) is 111 cm³/mol. The molecule has 1 aliphatic rings. The number of para-hydroxylation sites is 1. The van der Waals surface area contributed by atoms with Gasteiger partial charge in [-0.15, -0.1) is 10.2 Å². The molecule has 0 aliphatic heterocycles. The van der Waals surface area contributed by atoms with E-state index in [2.05, 4.69) is 19.7 Å².